The summed E-state index contributed by atoms with van der Waals surface area (Å²) in [7, 11) is 1.46. The average molecular weight is 340 g/mol. The molecule has 2 nitrogen and oxygen atoms in total. The molecule has 0 fully saturated rings. The van der Waals surface area contributed by atoms with Crippen LogP contribution in [0.5, 0.6) is 0 Å². The molecule has 0 spiro atoms. The molecule has 0 atom stereocenters. The van der Waals surface area contributed by atoms with Crippen molar-refractivity contribution < 1.29 is 13.2 Å². The van der Waals surface area contributed by atoms with Crippen LogP contribution in [-0.4, -0.2) is 9.78 Å². The first-order valence-corrected chi connectivity index (χ1v) is 6.03. The molecule has 0 N–H and O–H groups in total. The van der Waals surface area contributed by atoms with Crippen LogP contribution < -0.4 is 0 Å². The topological polar surface area (TPSA) is 17.8 Å². The summed E-state index contributed by atoms with van der Waals surface area (Å²) in [4.78, 5) is 0. The van der Waals surface area contributed by atoms with E-state index < -0.39 is 11.9 Å². The molecule has 0 amide bonds. The first-order valence-electron chi connectivity index (χ1n) is 4.86. The van der Waals surface area contributed by atoms with Gasteiger partial charge in [-0.05, 0) is 28.1 Å². The number of rotatable bonds is 1. The standard InChI is InChI=1S/C11H7BrClF3N2/c1-18-9(6-2-4-7(13)5-3-6)8(12)10(17-18)11(14,15)16/h2-5H,1H3. The number of halogens is 5. The number of aryl methyl sites for hydroxylation is 1. The first kappa shape index (κ1) is 13.4. The Labute approximate surface area is 114 Å². The minimum atomic E-state index is -4.48. The van der Waals surface area contributed by atoms with Gasteiger partial charge in [-0.25, -0.2) is 0 Å². The van der Waals surface area contributed by atoms with Gasteiger partial charge in [-0.15, -0.1) is 0 Å². The molecule has 0 aliphatic heterocycles. The zero-order chi connectivity index (χ0) is 13.5. The van der Waals surface area contributed by atoms with Gasteiger partial charge < -0.3 is 0 Å². The smallest absolute Gasteiger partial charge is 0.266 e. The summed E-state index contributed by atoms with van der Waals surface area (Å²) in [6, 6.07) is 6.52. The molecule has 7 heteroatoms. The zero-order valence-corrected chi connectivity index (χ0v) is 11.4. The maximum absolute atomic E-state index is 12.7. The van der Waals surface area contributed by atoms with Crippen molar-refractivity contribution in [2.75, 3.05) is 0 Å². The number of benzene rings is 1. The van der Waals surface area contributed by atoms with Crippen LogP contribution in [0.25, 0.3) is 11.3 Å². The minimum Gasteiger partial charge on any atom is -0.266 e. The van der Waals surface area contributed by atoms with Gasteiger partial charge in [0.25, 0.3) is 0 Å². The van der Waals surface area contributed by atoms with E-state index >= 15 is 0 Å². The van der Waals surface area contributed by atoms with Crippen molar-refractivity contribution >= 4 is 27.5 Å². The number of hydrogen-bond acceptors (Lipinski definition) is 1. The van der Waals surface area contributed by atoms with Gasteiger partial charge in [0.1, 0.15) is 0 Å². The second-order valence-electron chi connectivity index (χ2n) is 3.64. The van der Waals surface area contributed by atoms with Crippen LogP contribution in [0.4, 0.5) is 13.2 Å². The summed E-state index contributed by atoms with van der Waals surface area (Å²) in [5, 5.41) is 4.01. The molecule has 1 heterocycles. The van der Waals surface area contributed by atoms with E-state index in [2.05, 4.69) is 21.0 Å². The van der Waals surface area contributed by atoms with Crippen molar-refractivity contribution in [1.29, 1.82) is 0 Å². The van der Waals surface area contributed by atoms with Gasteiger partial charge in [0.2, 0.25) is 0 Å². The number of alkyl halides is 3. The third-order valence-corrected chi connectivity index (χ3v) is 3.38. The summed E-state index contributed by atoms with van der Waals surface area (Å²) in [5.41, 5.74) is 0.0331. The molecule has 0 unspecified atom stereocenters. The highest BCUT2D eigenvalue weighted by molar-refractivity contribution is 9.10. The lowest BCUT2D eigenvalue weighted by molar-refractivity contribution is -0.142. The van der Waals surface area contributed by atoms with Gasteiger partial charge in [-0.3, -0.25) is 4.68 Å². The molecule has 1 aromatic carbocycles. The quantitative estimate of drug-likeness (QED) is 0.747. The van der Waals surface area contributed by atoms with Crippen LogP contribution in [-0.2, 0) is 13.2 Å². The first-order chi connectivity index (χ1) is 8.30. The van der Waals surface area contributed by atoms with Crippen LogP contribution in [0.15, 0.2) is 28.7 Å². The van der Waals surface area contributed by atoms with Gasteiger partial charge in [-0.1, -0.05) is 23.7 Å². The summed E-state index contributed by atoms with van der Waals surface area (Å²) in [5.74, 6) is 0. The Kier molecular flexibility index (Phi) is 3.42. The molecule has 96 valence electrons. The van der Waals surface area contributed by atoms with Gasteiger partial charge >= 0.3 is 6.18 Å². The Morgan fingerprint density at radius 2 is 1.78 bits per heavy atom. The van der Waals surface area contributed by atoms with Crippen LogP contribution in [0.2, 0.25) is 5.02 Å². The molecule has 0 saturated carbocycles. The van der Waals surface area contributed by atoms with Crippen LogP contribution >= 0.6 is 27.5 Å². The molecule has 2 rings (SSSR count). The van der Waals surface area contributed by atoms with Crippen molar-refractivity contribution in [1.82, 2.24) is 9.78 Å². The average Bonchev–Trinajstić information content (AvgIpc) is 2.56. The molecule has 18 heavy (non-hydrogen) atoms. The lowest BCUT2D eigenvalue weighted by Crippen LogP contribution is -2.07. The predicted molar refractivity (Wildman–Crippen MR) is 66.4 cm³/mol. The molecule has 2 aromatic rings. The van der Waals surface area contributed by atoms with Crippen LogP contribution in [0.1, 0.15) is 5.69 Å². The highest BCUT2D eigenvalue weighted by Gasteiger charge is 2.38. The van der Waals surface area contributed by atoms with E-state index in [4.69, 9.17) is 11.6 Å². The largest absolute Gasteiger partial charge is 0.436 e. The van der Waals surface area contributed by atoms with E-state index in [1.165, 1.54) is 11.7 Å². The SMILES string of the molecule is Cn1nc(C(F)(F)F)c(Br)c1-c1ccc(Cl)cc1. The molecular weight excluding hydrogens is 332 g/mol. The fraction of sp³-hybridized carbons (Fsp3) is 0.182. The van der Waals surface area contributed by atoms with Gasteiger partial charge in [0.05, 0.1) is 10.2 Å². The number of aromatic nitrogens is 2. The number of hydrogen-bond donors (Lipinski definition) is 0. The zero-order valence-electron chi connectivity index (χ0n) is 9.09. The summed E-state index contributed by atoms with van der Waals surface area (Å²) in [6.07, 6.45) is -4.48. The number of nitrogens with zero attached hydrogens (tertiary/aromatic N) is 2. The monoisotopic (exact) mass is 338 g/mol. The Morgan fingerprint density at radius 3 is 2.22 bits per heavy atom. The molecule has 0 bridgehead atoms. The molecule has 0 aliphatic carbocycles. The lowest BCUT2D eigenvalue weighted by Gasteiger charge is -2.03. The van der Waals surface area contributed by atoms with Crippen LogP contribution in [0.3, 0.4) is 0 Å². The minimum absolute atomic E-state index is 0.0696. The lowest BCUT2D eigenvalue weighted by atomic mass is 10.1. The third kappa shape index (κ3) is 2.40. The summed E-state index contributed by atoms with van der Waals surface area (Å²) in [6.45, 7) is 0. The highest BCUT2D eigenvalue weighted by atomic mass is 79.9. The second-order valence-corrected chi connectivity index (χ2v) is 4.87. The Balaban J connectivity index is 2.59. The van der Waals surface area contributed by atoms with Gasteiger partial charge in [0, 0.05) is 17.6 Å². The Bertz CT molecular complexity index is 575. The molecule has 0 saturated heterocycles. The normalized spacial score (nSPS) is 11.9. The van der Waals surface area contributed by atoms with Crippen molar-refractivity contribution in [3.63, 3.8) is 0 Å². The summed E-state index contributed by atoms with van der Waals surface area (Å²) < 4.78 is 39.2. The van der Waals surface area contributed by atoms with E-state index in [1.807, 2.05) is 0 Å². The van der Waals surface area contributed by atoms with Crippen molar-refractivity contribution in [2.45, 2.75) is 6.18 Å². The van der Waals surface area contributed by atoms with E-state index in [1.54, 1.807) is 24.3 Å². The second kappa shape index (κ2) is 4.59. The maximum atomic E-state index is 12.7. The Hall–Kier alpha value is -1.01. The fourth-order valence-corrected chi connectivity index (χ4v) is 2.52. The van der Waals surface area contributed by atoms with Crippen molar-refractivity contribution in [3.05, 3.63) is 39.5 Å². The van der Waals surface area contributed by atoms with Crippen molar-refractivity contribution in [2.24, 2.45) is 7.05 Å². The van der Waals surface area contributed by atoms with E-state index in [0.717, 1.165) is 0 Å². The fourth-order valence-electron chi connectivity index (χ4n) is 1.60. The molecule has 1 aromatic heterocycles. The molecule has 0 aliphatic rings. The third-order valence-electron chi connectivity index (χ3n) is 2.38. The van der Waals surface area contributed by atoms with Crippen molar-refractivity contribution in [3.8, 4) is 11.3 Å². The molecular formula is C11H7BrClF3N2. The van der Waals surface area contributed by atoms with Crippen LogP contribution in [0, 0.1) is 0 Å². The maximum Gasteiger partial charge on any atom is 0.436 e. The van der Waals surface area contributed by atoms with E-state index in [0.29, 0.717) is 16.3 Å². The predicted octanol–water partition coefficient (Wildman–Crippen LogP) is 4.52. The highest BCUT2D eigenvalue weighted by Crippen LogP contribution is 2.39. The van der Waals surface area contributed by atoms with E-state index in [-0.39, 0.29) is 4.47 Å². The van der Waals surface area contributed by atoms with Gasteiger partial charge in [0.15, 0.2) is 5.69 Å². The Morgan fingerprint density at radius 1 is 1.22 bits per heavy atom. The van der Waals surface area contributed by atoms with Gasteiger partial charge in [-0.2, -0.15) is 18.3 Å². The van der Waals surface area contributed by atoms with E-state index in [9.17, 15) is 13.2 Å². The summed E-state index contributed by atoms with van der Waals surface area (Å²) >= 11 is 8.70. The molecule has 0 radical (unpaired) electrons.